The minimum Gasteiger partial charge on any atom is -0.465 e. The van der Waals surface area contributed by atoms with E-state index in [0.29, 0.717) is 17.5 Å². The van der Waals surface area contributed by atoms with Crippen LogP contribution in [-0.4, -0.2) is 19.1 Å². The van der Waals surface area contributed by atoms with Gasteiger partial charge in [0.15, 0.2) is 0 Å². The number of rotatable bonds is 2. The SMILES string of the molecule is COC(=O)c1ccc(C2C[C@@H]2N)cc1. The minimum atomic E-state index is -0.295. The molecule has 0 heterocycles. The van der Waals surface area contributed by atoms with Crippen LogP contribution in [0.3, 0.4) is 0 Å². The third kappa shape index (κ3) is 1.63. The number of esters is 1. The van der Waals surface area contributed by atoms with Crippen molar-refractivity contribution in [3.63, 3.8) is 0 Å². The van der Waals surface area contributed by atoms with Crippen molar-refractivity contribution in [1.82, 2.24) is 0 Å². The maximum Gasteiger partial charge on any atom is 0.337 e. The predicted molar refractivity (Wildman–Crippen MR) is 53.1 cm³/mol. The van der Waals surface area contributed by atoms with Crippen LogP contribution in [0.15, 0.2) is 24.3 Å². The molecule has 0 aromatic heterocycles. The first-order valence-corrected chi connectivity index (χ1v) is 4.66. The Balaban J connectivity index is 2.14. The first kappa shape index (κ1) is 9.21. The normalized spacial score (nSPS) is 24.4. The van der Waals surface area contributed by atoms with Gasteiger partial charge in [0.2, 0.25) is 0 Å². The van der Waals surface area contributed by atoms with E-state index < -0.39 is 0 Å². The number of hydrogen-bond acceptors (Lipinski definition) is 3. The van der Waals surface area contributed by atoms with Crippen molar-refractivity contribution in [3.8, 4) is 0 Å². The van der Waals surface area contributed by atoms with Crippen LogP contribution in [0.1, 0.15) is 28.3 Å². The second-order valence-electron chi connectivity index (χ2n) is 3.62. The van der Waals surface area contributed by atoms with Gasteiger partial charge in [0.05, 0.1) is 12.7 Å². The van der Waals surface area contributed by atoms with Crippen molar-refractivity contribution in [2.45, 2.75) is 18.4 Å². The Hall–Kier alpha value is -1.35. The zero-order valence-corrected chi connectivity index (χ0v) is 8.07. The number of benzene rings is 1. The van der Waals surface area contributed by atoms with Crippen molar-refractivity contribution in [3.05, 3.63) is 35.4 Å². The van der Waals surface area contributed by atoms with Gasteiger partial charge in [-0.15, -0.1) is 0 Å². The third-order valence-corrected chi connectivity index (χ3v) is 2.60. The van der Waals surface area contributed by atoms with Crippen LogP contribution in [0.5, 0.6) is 0 Å². The largest absolute Gasteiger partial charge is 0.465 e. The van der Waals surface area contributed by atoms with Crippen LogP contribution < -0.4 is 5.73 Å². The van der Waals surface area contributed by atoms with E-state index in [-0.39, 0.29) is 5.97 Å². The van der Waals surface area contributed by atoms with Gasteiger partial charge in [-0.2, -0.15) is 0 Å². The number of hydrogen-bond donors (Lipinski definition) is 1. The lowest BCUT2D eigenvalue weighted by atomic mass is 10.1. The summed E-state index contributed by atoms with van der Waals surface area (Å²) in [5, 5.41) is 0. The van der Waals surface area contributed by atoms with Crippen molar-refractivity contribution < 1.29 is 9.53 Å². The molecule has 0 amide bonds. The lowest BCUT2D eigenvalue weighted by Gasteiger charge is -2.01. The summed E-state index contributed by atoms with van der Waals surface area (Å²) in [6.45, 7) is 0. The molecule has 0 radical (unpaired) electrons. The first-order chi connectivity index (χ1) is 6.72. The van der Waals surface area contributed by atoms with Crippen molar-refractivity contribution >= 4 is 5.97 Å². The van der Waals surface area contributed by atoms with E-state index in [1.54, 1.807) is 12.1 Å². The van der Waals surface area contributed by atoms with E-state index in [9.17, 15) is 4.79 Å². The van der Waals surface area contributed by atoms with Gasteiger partial charge in [-0.05, 0) is 24.1 Å². The average Bonchev–Trinajstić information content (AvgIpc) is 2.95. The summed E-state index contributed by atoms with van der Waals surface area (Å²) in [6, 6.07) is 7.77. The molecule has 1 fully saturated rings. The van der Waals surface area contributed by atoms with Crippen LogP contribution in [0.2, 0.25) is 0 Å². The molecule has 0 saturated heterocycles. The minimum absolute atomic E-state index is 0.295. The van der Waals surface area contributed by atoms with Crippen molar-refractivity contribution in [2.75, 3.05) is 7.11 Å². The third-order valence-electron chi connectivity index (χ3n) is 2.60. The van der Waals surface area contributed by atoms with Gasteiger partial charge in [-0.1, -0.05) is 12.1 Å². The zero-order valence-electron chi connectivity index (χ0n) is 8.07. The Morgan fingerprint density at radius 1 is 1.43 bits per heavy atom. The highest BCUT2D eigenvalue weighted by atomic mass is 16.5. The fourth-order valence-corrected chi connectivity index (χ4v) is 1.58. The molecule has 1 saturated carbocycles. The Morgan fingerprint density at radius 2 is 2.00 bits per heavy atom. The van der Waals surface area contributed by atoms with E-state index in [4.69, 9.17) is 5.73 Å². The van der Waals surface area contributed by atoms with Crippen molar-refractivity contribution in [2.24, 2.45) is 5.73 Å². The lowest BCUT2D eigenvalue weighted by molar-refractivity contribution is 0.0600. The molecule has 14 heavy (non-hydrogen) atoms. The summed E-state index contributed by atoms with van der Waals surface area (Å²) < 4.78 is 4.61. The van der Waals surface area contributed by atoms with Gasteiger partial charge in [0.25, 0.3) is 0 Å². The molecule has 1 aliphatic rings. The summed E-state index contributed by atoms with van der Waals surface area (Å²) in [5.74, 6) is 0.193. The highest BCUT2D eigenvalue weighted by Crippen LogP contribution is 2.38. The molecule has 3 nitrogen and oxygen atoms in total. The summed E-state index contributed by atoms with van der Waals surface area (Å²) in [7, 11) is 1.38. The van der Waals surface area contributed by atoms with Crippen LogP contribution in [-0.2, 0) is 4.74 Å². The summed E-state index contributed by atoms with van der Waals surface area (Å²) in [5.41, 5.74) is 7.53. The first-order valence-electron chi connectivity index (χ1n) is 4.66. The Kier molecular flexibility index (Phi) is 2.25. The quantitative estimate of drug-likeness (QED) is 0.716. The summed E-state index contributed by atoms with van der Waals surface area (Å²) in [4.78, 5) is 11.1. The molecule has 2 rings (SSSR count). The fourth-order valence-electron chi connectivity index (χ4n) is 1.58. The van der Waals surface area contributed by atoms with Crippen molar-refractivity contribution in [1.29, 1.82) is 0 Å². The summed E-state index contributed by atoms with van der Waals surface area (Å²) in [6.07, 6.45) is 1.05. The molecule has 1 unspecified atom stereocenters. The number of methoxy groups -OCH3 is 1. The van der Waals surface area contributed by atoms with Crippen LogP contribution in [0, 0.1) is 0 Å². The number of carbonyl (C=O) groups is 1. The van der Waals surface area contributed by atoms with Gasteiger partial charge in [-0.3, -0.25) is 0 Å². The molecule has 1 aliphatic carbocycles. The van der Waals surface area contributed by atoms with E-state index in [0.717, 1.165) is 6.42 Å². The van der Waals surface area contributed by atoms with Gasteiger partial charge in [0.1, 0.15) is 0 Å². The average molecular weight is 191 g/mol. The van der Waals surface area contributed by atoms with Gasteiger partial charge >= 0.3 is 5.97 Å². The molecule has 2 N–H and O–H groups in total. The van der Waals surface area contributed by atoms with E-state index in [2.05, 4.69) is 4.74 Å². The molecule has 3 heteroatoms. The molecule has 0 bridgehead atoms. The van der Waals surface area contributed by atoms with Gasteiger partial charge in [0, 0.05) is 12.0 Å². The molecule has 0 aliphatic heterocycles. The Labute approximate surface area is 82.9 Å². The van der Waals surface area contributed by atoms with Gasteiger partial charge in [-0.25, -0.2) is 4.79 Å². The molecule has 1 aromatic rings. The molecule has 0 spiro atoms. The summed E-state index contributed by atoms with van der Waals surface area (Å²) >= 11 is 0. The predicted octanol–water partition coefficient (Wildman–Crippen LogP) is 1.29. The maximum absolute atomic E-state index is 11.1. The topological polar surface area (TPSA) is 52.3 Å². The fraction of sp³-hybridized carbons (Fsp3) is 0.364. The molecule has 74 valence electrons. The standard InChI is InChI=1S/C11H13NO2/c1-14-11(13)8-4-2-7(3-5-8)9-6-10(9)12/h2-5,9-10H,6,12H2,1H3/t9?,10-/m0/s1. The smallest absolute Gasteiger partial charge is 0.337 e. The molecular weight excluding hydrogens is 178 g/mol. The monoisotopic (exact) mass is 191 g/mol. The van der Waals surface area contributed by atoms with E-state index in [1.165, 1.54) is 12.7 Å². The number of nitrogens with two attached hydrogens (primary N) is 1. The number of ether oxygens (including phenoxy) is 1. The second kappa shape index (κ2) is 3.42. The molecule has 2 atom stereocenters. The molecular formula is C11H13NO2. The number of carbonyl (C=O) groups excluding carboxylic acids is 1. The van der Waals surface area contributed by atoms with Crippen LogP contribution in [0.25, 0.3) is 0 Å². The lowest BCUT2D eigenvalue weighted by Crippen LogP contribution is -2.03. The Bertz CT molecular complexity index is 345. The highest BCUT2D eigenvalue weighted by molar-refractivity contribution is 5.89. The van der Waals surface area contributed by atoms with E-state index in [1.807, 2.05) is 12.1 Å². The highest BCUT2D eigenvalue weighted by Gasteiger charge is 2.34. The maximum atomic E-state index is 11.1. The van der Waals surface area contributed by atoms with E-state index >= 15 is 0 Å². The second-order valence-corrected chi connectivity index (χ2v) is 3.62. The van der Waals surface area contributed by atoms with Crippen LogP contribution >= 0.6 is 0 Å². The Morgan fingerprint density at radius 3 is 2.43 bits per heavy atom. The molecule has 1 aromatic carbocycles. The van der Waals surface area contributed by atoms with Gasteiger partial charge < -0.3 is 10.5 Å². The van der Waals surface area contributed by atoms with Crippen LogP contribution in [0.4, 0.5) is 0 Å². The zero-order chi connectivity index (χ0) is 10.1.